The summed E-state index contributed by atoms with van der Waals surface area (Å²) in [6, 6.07) is 9.43. The van der Waals surface area contributed by atoms with Crippen LogP contribution in [-0.4, -0.2) is 54.0 Å². The zero-order valence-electron chi connectivity index (χ0n) is 17.8. The van der Waals surface area contributed by atoms with Crippen molar-refractivity contribution < 1.29 is 24.2 Å². The molecule has 164 valence electrons. The van der Waals surface area contributed by atoms with E-state index in [2.05, 4.69) is 15.6 Å². The molecule has 0 saturated carbocycles. The number of nitrogens with zero attached hydrogens (tertiary/aromatic N) is 1. The Bertz CT molecular complexity index is 776. The Hall–Kier alpha value is -2.90. The average molecular weight is 418 g/mol. The second kappa shape index (κ2) is 10.8. The first-order valence-electron chi connectivity index (χ1n) is 10.2. The van der Waals surface area contributed by atoms with E-state index in [-0.39, 0.29) is 23.5 Å². The summed E-state index contributed by atoms with van der Waals surface area (Å²) in [6.45, 7) is 6.77. The van der Waals surface area contributed by atoms with Crippen molar-refractivity contribution in [1.82, 2.24) is 10.6 Å². The molecule has 30 heavy (non-hydrogen) atoms. The maximum Gasteiger partial charge on any atom is 0.404 e. The lowest BCUT2D eigenvalue weighted by molar-refractivity contribution is -0.122. The van der Waals surface area contributed by atoms with E-state index >= 15 is 0 Å². The zero-order valence-corrected chi connectivity index (χ0v) is 17.8. The molecule has 1 aliphatic heterocycles. The van der Waals surface area contributed by atoms with Crippen molar-refractivity contribution in [2.24, 2.45) is 10.9 Å². The number of hydrogen-bond donors (Lipinski definition) is 3. The fourth-order valence-electron chi connectivity index (χ4n) is 3.27. The molecule has 0 spiro atoms. The minimum absolute atomic E-state index is 0.0480. The molecule has 3 N–H and O–H groups in total. The van der Waals surface area contributed by atoms with Crippen molar-refractivity contribution >= 4 is 23.7 Å². The van der Waals surface area contributed by atoms with E-state index in [9.17, 15) is 14.4 Å². The normalized spacial score (nSPS) is 16.7. The number of aliphatic imine (C=N–C) groups is 1. The van der Waals surface area contributed by atoms with E-state index in [1.165, 1.54) is 0 Å². The largest absolute Gasteiger partial charge is 0.473 e. The fourth-order valence-corrected chi connectivity index (χ4v) is 3.27. The third-order valence-corrected chi connectivity index (χ3v) is 4.90. The number of Topliss-reactive ketones (excluding diaryl/α,β-unsaturated/α-hetero) is 1. The van der Waals surface area contributed by atoms with Crippen LogP contribution in [0.2, 0.25) is 0 Å². The maximum absolute atomic E-state index is 13.0. The van der Waals surface area contributed by atoms with Gasteiger partial charge in [-0.3, -0.25) is 9.59 Å². The van der Waals surface area contributed by atoms with Gasteiger partial charge in [0.05, 0.1) is 11.5 Å². The van der Waals surface area contributed by atoms with E-state index < -0.39 is 17.6 Å². The molecule has 0 aliphatic carbocycles. The molecule has 0 aromatic heterocycles. The highest BCUT2D eigenvalue weighted by molar-refractivity contribution is 6.38. The summed E-state index contributed by atoms with van der Waals surface area (Å²) in [5.41, 5.74) is 0.451. The lowest BCUT2D eigenvalue weighted by Crippen LogP contribution is -2.31. The van der Waals surface area contributed by atoms with Crippen LogP contribution >= 0.6 is 0 Å². The molecular formula is C22H31N3O5. The van der Waals surface area contributed by atoms with Crippen LogP contribution in [0.25, 0.3) is 0 Å². The number of amides is 2. The van der Waals surface area contributed by atoms with Crippen LogP contribution in [0, 0.1) is 5.92 Å². The molecule has 0 radical (unpaired) electrons. The Labute approximate surface area is 177 Å². The minimum atomic E-state index is -1.07. The fraction of sp³-hybridized carbons (Fsp3) is 0.545. The molecule has 1 aromatic carbocycles. The predicted molar refractivity (Wildman–Crippen MR) is 114 cm³/mol. The summed E-state index contributed by atoms with van der Waals surface area (Å²) in [7, 11) is 0. The average Bonchev–Trinajstić information content (AvgIpc) is 3.05. The Kier molecular flexibility index (Phi) is 8.38. The second-order valence-corrected chi connectivity index (χ2v) is 8.31. The Morgan fingerprint density at radius 2 is 1.80 bits per heavy atom. The van der Waals surface area contributed by atoms with E-state index in [1.54, 1.807) is 0 Å². The van der Waals surface area contributed by atoms with Crippen molar-refractivity contribution in [2.75, 3.05) is 19.7 Å². The van der Waals surface area contributed by atoms with Crippen LogP contribution in [0.1, 0.15) is 51.5 Å². The molecule has 1 heterocycles. The minimum Gasteiger partial charge on any atom is -0.473 e. The monoisotopic (exact) mass is 417 g/mol. The van der Waals surface area contributed by atoms with Crippen LogP contribution in [-0.2, 0) is 14.3 Å². The zero-order chi connectivity index (χ0) is 22.1. The quantitative estimate of drug-likeness (QED) is 0.512. The topological polar surface area (TPSA) is 117 Å². The molecule has 0 bridgehead atoms. The van der Waals surface area contributed by atoms with Gasteiger partial charge in [-0.05, 0) is 38.2 Å². The SMILES string of the molecule is CC(CCNC(=O)O)CC(=O)NCCC(C(=O)C1=NC(C)(C)CO1)c1ccccc1. The van der Waals surface area contributed by atoms with Gasteiger partial charge < -0.3 is 20.5 Å². The summed E-state index contributed by atoms with van der Waals surface area (Å²) < 4.78 is 5.53. The van der Waals surface area contributed by atoms with Crippen LogP contribution < -0.4 is 10.6 Å². The standard InChI is InChI=1S/C22H31N3O5/c1-15(9-11-24-21(28)29)13-18(26)23-12-10-17(16-7-5-4-6-8-16)19(27)20-25-22(2,3)14-30-20/h4-8,15,17,24H,9-14H2,1-3H3,(H,23,26)(H,28,29). The number of hydrogen-bond acceptors (Lipinski definition) is 5. The van der Waals surface area contributed by atoms with Gasteiger partial charge in [-0.25, -0.2) is 9.79 Å². The predicted octanol–water partition coefficient (Wildman–Crippen LogP) is 2.74. The van der Waals surface area contributed by atoms with Crippen molar-refractivity contribution in [1.29, 1.82) is 0 Å². The molecule has 1 aliphatic rings. The van der Waals surface area contributed by atoms with E-state index in [1.807, 2.05) is 51.1 Å². The van der Waals surface area contributed by atoms with Gasteiger partial charge in [0.1, 0.15) is 6.61 Å². The molecular weight excluding hydrogens is 386 g/mol. The van der Waals surface area contributed by atoms with Gasteiger partial charge in [0, 0.05) is 19.5 Å². The van der Waals surface area contributed by atoms with Crippen LogP contribution in [0.4, 0.5) is 4.79 Å². The molecule has 0 fully saturated rings. The molecule has 2 amide bonds. The number of carbonyl (C=O) groups excluding carboxylic acids is 2. The molecule has 2 atom stereocenters. The summed E-state index contributed by atoms with van der Waals surface area (Å²) in [5.74, 6) is -0.537. The van der Waals surface area contributed by atoms with Gasteiger partial charge in [-0.2, -0.15) is 0 Å². The molecule has 8 heteroatoms. The first-order valence-corrected chi connectivity index (χ1v) is 10.2. The highest BCUT2D eigenvalue weighted by Crippen LogP contribution is 2.25. The van der Waals surface area contributed by atoms with Crippen LogP contribution in [0.15, 0.2) is 35.3 Å². The maximum atomic E-state index is 13.0. The highest BCUT2D eigenvalue weighted by atomic mass is 16.5. The highest BCUT2D eigenvalue weighted by Gasteiger charge is 2.34. The number of benzene rings is 1. The molecule has 1 aromatic rings. The molecule has 0 saturated heterocycles. The van der Waals surface area contributed by atoms with E-state index in [0.29, 0.717) is 39.0 Å². The van der Waals surface area contributed by atoms with Gasteiger partial charge >= 0.3 is 6.09 Å². The van der Waals surface area contributed by atoms with Gasteiger partial charge in [0.2, 0.25) is 11.7 Å². The first-order chi connectivity index (χ1) is 14.2. The Balaban J connectivity index is 1.90. The summed E-state index contributed by atoms with van der Waals surface area (Å²) >= 11 is 0. The third-order valence-electron chi connectivity index (χ3n) is 4.90. The lowest BCUT2D eigenvalue weighted by atomic mass is 9.91. The molecule has 8 nitrogen and oxygen atoms in total. The van der Waals surface area contributed by atoms with Gasteiger partial charge in [-0.1, -0.05) is 37.3 Å². The van der Waals surface area contributed by atoms with Crippen molar-refractivity contribution in [3.63, 3.8) is 0 Å². The van der Waals surface area contributed by atoms with Crippen LogP contribution in [0.3, 0.4) is 0 Å². The van der Waals surface area contributed by atoms with Gasteiger partial charge in [-0.15, -0.1) is 0 Å². The number of carboxylic acid groups (broad SMARTS) is 1. The van der Waals surface area contributed by atoms with E-state index in [4.69, 9.17) is 9.84 Å². The number of carbonyl (C=O) groups is 3. The Morgan fingerprint density at radius 3 is 2.40 bits per heavy atom. The van der Waals surface area contributed by atoms with Crippen molar-refractivity contribution in [2.45, 2.75) is 51.5 Å². The first kappa shape index (κ1) is 23.4. The summed E-state index contributed by atoms with van der Waals surface area (Å²) in [5, 5.41) is 13.7. The summed E-state index contributed by atoms with van der Waals surface area (Å²) in [6.07, 6.45) is 0.252. The number of ether oxygens (including phenoxy) is 1. The molecule has 2 rings (SSSR count). The summed E-state index contributed by atoms with van der Waals surface area (Å²) in [4.78, 5) is 40.1. The van der Waals surface area contributed by atoms with Crippen molar-refractivity contribution in [3.05, 3.63) is 35.9 Å². The van der Waals surface area contributed by atoms with E-state index in [0.717, 1.165) is 5.56 Å². The second-order valence-electron chi connectivity index (χ2n) is 8.31. The lowest BCUT2D eigenvalue weighted by Gasteiger charge is -2.17. The smallest absolute Gasteiger partial charge is 0.404 e. The van der Waals surface area contributed by atoms with Gasteiger partial charge in [0.15, 0.2) is 0 Å². The van der Waals surface area contributed by atoms with Crippen molar-refractivity contribution in [3.8, 4) is 0 Å². The number of nitrogens with one attached hydrogen (secondary N) is 2. The number of rotatable bonds is 11. The number of ketones is 1. The Morgan fingerprint density at radius 1 is 1.13 bits per heavy atom. The van der Waals surface area contributed by atoms with Crippen LogP contribution in [0.5, 0.6) is 0 Å². The molecule has 2 unspecified atom stereocenters. The van der Waals surface area contributed by atoms with Gasteiger partial charge in [0.25, 0.3) is 5.90 Å². The third kappa shape index (κ3) is 7.50.